The molecule has 0 aliphatic carbocycles. The van der Waals surface area contributed by atoms with E-state index in [0.717, 1.165) is 28.1 Å². The fraction of sp³-hybridized carbons (Fsp3) is 0.320. The van der Waals surface area contributed by atoms with Crippen LogP contribution in [0, 0.1) is 0 Å². The molecule has 9 heteroatoms. The van der Waals surface area contributed by atoms with Crippen molar-refractivity contribution in [3.8, 4) is 17.0 Å². The summed E-state index contributed by atoms with van der Waals surface area (Å²) in [6.45, 7) is 3.61. The second kappa shape index (κ2) is 10.4. The maximum Gasteiger partial charge on any atom is 0.227 e. The highest BCUT2D eigenvalue weighted by atomic mass is 35.5. The first kappa shape index (κ1) is 23.9. The normalized spacial score (nSPS) is 17.0. The van der Waals surface area contributed by atoms with E-state index in [1.807, 2.05) is 25.3 Å². The second-order valence-electron chi connectivity index (χ2n) is 8.32. The molecule has 4 rings (SSSR count). The number of rotatable bonds is 9. The lowest BCUT2D eigenvalue weighted by molar-refractivity contribution is 0.146. The summed E-state index contributed by atoms with van der Waals surface area (Å²) >= 11 is 6.21. The number of halogens is 1. The molecule has 2 heterocycles. The highest BCUT2D eigenvalue weighted by Crippen LogP contribution is 2.41. The molecule has 0 bridgehead atoms. The lowest BCUT2D eigenvalue weighted by Gasteiger charge is -2.21. The van der Waals surface area contributed by atoms with Crippen molar-refractivity contribution in [2.24, 2.45) is 4.99 Å². The van der Waals surface area contributed by atoms with Crippen molar-refractivity contribution < 1.29 is 14.6 Å². The van der Waals surface area contributed by atoms with Crippen LogP contribution >= 0.6 is 11.6 Å². The molecule has 0 fully saturated rings. The molecule has 2 aromatic carbocycles. The Morgan fingerprint density at radius 2 is 2.12 bits per heavy atom. The Balaban J connectivity index is 1.69. The molecule has 8 nitrogen and oxygen atoms in total. The van der Waals surface area contributed by atoms with Crippen molar-refractivity contribution in [3.63, 3.8) is 0 Å². The average molecular weight is 482 g/mol. The Morgan fingerprint density at radius 3 is 2.88 bits per heavy atom. The maximum atomic E-state index is 10.0. The number of aliphatic imine (C=N–C) groups is 1. The van der Waals surface area contributed by atoms with Crippen molar-refractivity contribution in [2.75, 3.05) is 51.2 Å². The van der Waals surface area contributed by atoms with Gasteiger partial charge in [0.05, 0.1) is 24.6 Å². The van der Waals surface area contributed by atoms with Crippen LogP contribution in [-0.4, -0.2) is 61.8 Å². The first-order chi connectivity index (χ1) is 16.5. The van der Waals surface area contributed by atoms with Gasteiger partial charge in [0.1, 0.15) is 12.4 Å². The minimum Gasteiger partial charge on any atom is -0.489 e. The minimum atomic E-state index is -0.384. The molecule has 34 heavy (non-hydrogen) atoms. The molecule has 0 saturated heterocycles. The molecule has 178 valence electrons. The zero-order valence-electron chi connectivity index (χ0n) is 19.4. The molecule has 1 aromatic heterocycles. The van der Waals surface area contributed by atoms with Crippen LogP contribution in [0.3, 0.4) is 0 Å². The van der Waals surface area contributed by atoms with Crippen LogP contribution in [0.4, 0.5) is 17.3 Å². The monoisotopic (exact) mass is 481 g/mol. The van der Waals surface area contributed by atoms with Gasteiger partial charge in [-0.1, -0.05) is 18.5 Å². The van der Waals surface area contributed by atoms with E-state index in [-0.39, 0.29) is 12.0 Å². The van der Waals surface area contributed by atoms with Gasteiger partial charge in [0.2, 0.25) is 5.95 Å². The zero-order chi connectivity index (χ0) is 24.1. The number of fused-ring (bicyclic) bond motifs is 1. The van der Waals surface area contributed by atoms with Crippen LogP contribution < -0.4 is 15.4 Å². The fourth-order valence-electron chi connectivity index (χ4n) is 3.91. The first-order valence-electron chi connectivity index (χ1n) is 10.9. The van der Waals surface area contributed by atoms with Crippen LogP contribution in [0.25, 0.3) is 11.3 Å². The summed E-state index contributed by atoms with van der Waals surface area (Å²) in [7, 11) is 3.36. The van der Waals surface area contributed by atoms with Crippen LogP contribution in [0.15, 0.2) is 47.6 Å². The predicted octanol–water partition coefficient (Wildman–Crippen LogP) is 4.29. The summed E-state index contributed by atoms with van der Waals surface area (Å²) in [6.07, 6.45) is 3.51. The molecule has 1 atom stereocenters. The lowest BCUT2D eigenvalue weighted by Crippen LogP contribution is -2.28. The molecule has 0 amide bonds. The molecule has 1 aliphatic rings. The number of hydrogen-bond donors (Lipinski definition) is 3. The van der Waals surface area contributed by atoms with E-state index in [4.69, 9.17) is 26.1 Å². The number of aliphatic hydroxyl groups is 1. The highest BCUT2D eigenvalue weighted by molar-refractivity contribution is 6.31. The zero-order valence-corrected chi connectivity index (χ0v) is 20.2. The van der Waals surface area contributed by atoms with Gasteiger partial charge in [-0.25, -0.2) is 9.97 Å². The number of nitrogens with one attached hydrogen (secondary N) is 2. The summed E-state index contributed by atoms with van der Waals surface area (Å²) in [4.78, 5) is 13.3. The third-order valence-electron chi connectivity index (χ3n) is 5.78. The molecule has 0 spiro atoms. The van der Waals surface area contributed by atoms with E-state index >= 15 is 0 Å². The average Bonchev–Trinajstić information content (AvgIpc) is 3.18. The summed E-state index contributed by atoms with van der Waals surface area (Å²) in [5.41, 5.74) is 4.90. The van der Waals surface area contributed by atoms with Crippen LogP contribution in [0.5, 0.6) is 5.75 Å². The minimum absolute atomic E-state index is 0.0381. The largest absolute Gasteiger partial charge is 0.489 e. The van der Waals surface area contributed by atoms with Crippen molar-refractivity contribution in [2.45, 2.75) is 12.3 Å². The van der Waals surface area contributed by atoms with E-state index in [1.165, 1.54) is 0 Å². The molecule has 0 unspecified atom stereocenters. The number of benzene rings is 2. The van der Waals surface area contributed by atoms with Crippen LogP contribution in [0.2, 0.25) is 5.02 Å². The number of aromatic nitrogens is 2. The van der Waals surface area contributed by atoms with Gasteiger partial charge in [-0.2, -0.15) is 0 Å². The van der Waals surface area contributed by atoms with Crippen molar-refractivity contribution in [3.05, 3.63) is 58.7 Å². The van der Waals surface area contributed by atoms with E-state index in [2.05, 4.69) is 26.7 Å². The number of aliphatic hydroxyl groups excluding tert-OH is 1. The molecule has 0 radical (unpaired) electrons. The number of hydrogen-bond acceptors (Lipinski definition) is 8. The highest BCUT2D eigenvalue weighted by Gasteiger charge is 2.35. The molecular formula is C25H28ClN5O3. The van der Waals surface area contributed by atoms with Gasteiger partial charge in [-0.15, -0.1) is 0 Å². The smallest absolute Gasteiger partial charge is 0.227 e. The van der Waals surface area contributed by atoms with Gasteiger partial charge >= 0.3 is 0 Å². The number of anilines is 3. The Morgan fingerprint density at radius 1 is 1.26 bits per heavy atom. The quantitative estimate of drug-likeness (QED) is 0.309. The maximum absolute atomic E-state index is 10.0. The van der Waals surface area contributed by atoms with E-state index in [9.17, 15) is 5.11 Å². The Labute approximate surface area is 204 Å². The SMILES string of the molecule is CN=Cc1cc(-c2ccnc(Nc3cc(Cl)ccc3OCCOC)n2)cc2c1NC[C@]2(C)CO. The molecular weight excluding hydrogens is 454 g/mol. The topological polar surface area (TPSA) is 101 Å². The van der Waals surface area contributed by atoms with E-state index in [1.54, 1.807) is 38.6 Å². The van der Waals surface area contributed by atoms with Crippen molar-refractivity contribution in [1.82, 2.24) is 9.97 Å². The first-order valence-corrected chi connectivity index (χ1v) is 11.3. The van der Waals surface area contributed by atoms with Gasteiger partial charge in [0, 0.05) is 60.4 Å². The van der Waals surface area contributed by atoms with Crippen LogP contribution in [0.1, 0.15) is 18.1 Å². The second-order valence-corrected chi connectivity index (χ2v) is 8.76. The summed E-state index contributed by atoms with van der Waals surface area (Å²) < 4.78 is 10.9. The van der Waals surface area contributed by atoms with Crippen molar-refractivity contribution in [1.29, 1.82) is 0 Å². The van der Waals surface area contributed by atoms with Gasteiger partial charge in [0.15, 0.2) is 0 Å². The van der Waals surface area contributed by atoms with E-state index < -0.39 is 0 Å². The Hall–Kier alpha value is -3.20. The molecule has 1 aliphatic heterocycles. The Bertz CT molecular complexity index is 1200. The third kappa shape index (κ3) is 4.99. The summed E-state index contributed by atoms with van der Waals surface area (Å²) in [5, 5.41) is 17.3. The summed E-state index contributed by atoms with van der Waals surface area (Å²) in [5.74, 6) is 1.03. The molecule has 3 aromatic rings. The summed E-state index contributed by atoms with van der Waals surface area (Å²) in [6, 6.07) is 11.3. The lowest BCUT2D eigenvalue weighted by atomic mass is 9.83. The molecule has 0 saturated carbocycles. The van der Waals surface area contributed by atoms with Gasteiger partial charge in [-0.05, 0) is 42.0 Å². The van der Waals surface area contributed by atoms with Gasteiger partial charge in [0.25, 0.3) is 0 Å². The number of ether oxygens (including phenoxy) is 2. The standard InChI is InChI=1S/C25H28ClN5O3/c1-25(15-32)14-29-23-17(13-27-2)10-16(11-19(23)25)20-6-7-28-24(30-20)31-21-12-18(26)4-5-22(21)34-9-8-33-3/h4-7,10-13,29,32H,8-9,14-15H2,1-3H3,(H,28,30,31)/t25-/m1/s1. The van der Waals surface area contributed by atoms with E-state index in [0.29, 0.717) is 42.2 Å². The Kier molecular flexibility index (Phi) is 7.31. The van der Waals surface area contributed by atoms with Crippen LogP contribution in [-0.2, 0) is 10.2 Å². The number of methoxy groups -OCH3 is 1. The van der Waals surface area contributed by atoms with Gasteiger partial charge < -0.3 is 25.2 Å². The predicted molar refractivity (Wildman–Crippen MR) is 136 cm³/mol. The van der Waals surface area contributed by atoms with Crippen molar-refractivity contribution >= 4 is 35.1 Å². The number of nitrogens with zero attached hydrogens (tertiary/aromatic N) is 3. The third-order valence-corrected chi connectivity index (χ3v) is 6.01. The van der Waals surface area contributed by atoms with Gasteiger partial charge in [-0.3, -0.25) is 4.99 Å². The fourth-order valence-corrected chi connectivity index (χ4v) is 4.08. The molecule has 3 N–H and O–H groups in total.